The zero-order valence-electron chi connectivity index (χ0n) is 18.0. The molecule has 162 valence electrons. The van der Waals surface area contributed by atoms with E-state index in [0.717, 1.165) is 18.9 Å². The van der Waals surface area contributed by atoms with Gasteiger partial charge in [-0.25, -0.2) is 13.4 Å². The smallest absolute Gasteiger partial charge is 0.257 e. The standard InChI is InChI=1S/C22H29N3O4S/c1-15-13-25(14-16(2)29-15)20-11-6-17(12-23-20)21(26)24-18-7-9-19(10-8-18)30(27,28)22(3,4)5/h6-12,15-16H,13-14H2,1-5H3,(H,24,26). The number of anilines is 2. The van der Waals surface area contributed by atoms with Crippen LogP contribution in [0.25, 0.3) is 0 Å². The van der Waals surface area contributed by atoms with Crippen molar-refractivity contribution in [3.63, 3.8) is 0 Å². The number of nitrogens with zero attached hydrogens (tertiary/aromatic N) is 2. The van der Waals surface area contributed by atoms with Gasteiger partial charge in [-0.1, -0.05) is 0 Å². The number of morpholine rings is 1. The van der Waals surface area contributed by atoms with E-state index in [1.54, 1.807) is 45.2 Å². The summed E-state index contributed by atoms with van der Waals surface area (Å²) in [5.41, 5.74) is 0.951. The van der Waals surface area contributed by atoms with Crippen LogP contribution in [0.5, 0.6) is 0 Å². The number of sulfone groups is 1. The number of hydrogen-bond acceptors (Lipinski definition) is 6. The quantitative estimate of drug-likeness (QED) is 0.797. The van der Waals surface area contributed by atoms with E-state index in [4.69, 9.17) is 4.74 Å². The second-order valence-electron chi connectivity index (χ2n) is 8.66. The molecule has 1 amide bonds. The third-order valence-electron chi connectivity index (χ3n) is 4.98. The number of benzene rings is 1. The molecule has 2 aromatic rings. The van der Waals surface area contributed by atoms with Gasteiger partial charge < -0.3 is 15.0 Å². The van der Waals surface area contributed by atoms with Gasteiger partial charge >= 0.3 is 0 Å². The zero-order chi connectivity index (χ0) is 22.1. The molecule has 1 aliphatic rings. The molecule has 1 fully saturated rings. The van der Waals surface area contributed by atoms with Crippen LogP contribution in [0.3, 0.4) is 0 Å². The Morgan fingerprint density at radius 2 is 1.67 bits per heavy atom. The highest BCUT2D eigenvalue weighted by atomic mass is 32.2. The van der Waals surface area contributed by atoms with Gasteiger partial charge in [0.1, 0.15) is 5.82 Å². The third-order valence-corrected chi connectivity index (χ3v) is 7.49. The van der Waals surface area contributed by atoms with E-state index < -0.39 is 14.6 Å². The van der Waals surface area contributed by atoms with Crippen molar-refractivity contribution in [3.05, 3.63) is 48.2 Å². The van der Waals surface area contributed by atoms with Gasteiger partial charge in [-0.05, 0) is 71.0 Å². The first-order valence-corrected chi connectivity index (χ1v) is 11.5. The van der Waals surface area contributed by atoms with Gasteiger partial charge in [-0.15, -0.1) is 0 Å². The van der Waals surface area contributed by atoms with E-state index in [9.17, 15) is 13.2 Å². The molecule has 8 heteroatoms. The number of pyridine rings is 1. The first-order valence-electron chi connectivity index (χ1n) is 10.00. The first kappa shape index (κ1) is 22.2. The predicted octanol–water partition coefficient (Wildman–Crippen LogP) is 3.52. The summed E-state index contributed by atoms with van der Waals surface area (Å²) in [4.78, 5) is 19.4. The Hall–Kier alpha value is -2.45. The van der Waals surface area contributed by atoms with Gasteiger partial charge in [0.05, 0.1) is 27.4 Å². The number of hydrogen-bond donors (Lipinski definition) is 1. The van der Waals surface area contributed by atoms with Crippen LogP contribution in [0.2, 0.25) is 0 Å². The van der Waals surface area contributed by atoms with Crippen molar-refractivity contribution in [1.29, 1.82) is 0 Å². The molecule has 1 aromatic carbocycles. The van der Waals surface area contributed by atoms with Gasteiger partial charge in [-0.2, -0.15) is 0 Å². The lowest BCUT2D eigenvalue weighted by atomic mass is 10.2. The molecule has 1 aliphatic heterocycles. The summed E-state index contributed by atoms with van der Waals surface area (Å²) in [6.07, 6.45) is 1.81. The second-order valence-corrected chi connectivity index (χ2v) is 11.4. The Morgan fingerprint density at radius 1 is 1.07 bits per heavy atom. The van der Waals surface area contributed by atoms with Crippen LogP contribution in [0.1, 0.15) is 45.0 Å². The van der Waals surface area contributed by atoms with Crippen molar-refractivity contribution in [2.45, 2.75) is 56.5 Å². The minimum absolute atomic E-state index is 0.128. The number of nitrogens with one attached hydrogen (secondary N) is 1. The molecule has 0 bridgehead atoms. The zero-order valence-corrected chi connectivity index (χ0v) is 18.9. The van der Waals surface area contributed by atoms with Crippen molar-refractivity contribution in [3.8, 4) is 0 Å². The Kier molecular flexibility index (Phi) is 6.19. The second kappa shape index (κ2) is 8.35. The molecular formula is C22H29N3O4S. The maximum Gasteiger partial charge on any atom is 0.257 e. The molecule has 3 rings (SSSR count). The van der Waals surface area contributed by atoms with Crippen LogP contribution in [-0.2, 0) is 14.6 Å². The number of carbonyl (C=O) groups is 1. The van der Waals surface area contributed by atoms with E-state index in [0.29, 0.717) is 11.3 Å². The van der Waals surface area contributed by atoms with Crippen molar-refractivity contribution < 1.29 is 17.9 Å². The molecule has 2 unspecified atom stereocenters. The van der Waals surface area contributed by atoms with E-state index in [2.05, 4.69) is 15.2 Å². The Morgan fingerprint density at radius 3 is 2.17 bits per heavy atom. The van der Waals surface area contributed by atoms with E-state index >= 15 is 0 Å². The normalized spacial score (nSPS) is 20.1. The number of aromatic nitrogens is 1. The molecule has 2 heterocycles. The molecule has 0 aliphatic carbocycles. The van der Waals surface area contributed by atoms with Crippen LogP contribution in [0.4, 0.5) is 11.5 Å². The SMILES string of the molecule is CC1CN(c2ccc(C(=O)Nc3ccc(S(=O)(=O)C(C)(C)C)cc3)cn2)CC(C)O1. The average Bonchev–Trinajstić information content (AvgIpc) is 2.67. The fraction of sp³-hybridized carbons (Fsp3) is 0.455. The summed E-state index contributed by atoms with van der Waals surface area (Å²) >= 11 is 0. The first-order chi connectivity index (χ1) is 14.0. The molecule has 1 saturated heterocycles. The lowest BCUT2D eigenvalue weighted by Crippen LogP contribution is -2.45. The van der Waals surface area contributed by atoms with Crippen molar-refractivity contribution in [2.75, 3.05) is 23.3 Å². The molecule has 2 atom stereocenters. The number of carbonyl (C=O) groups excluding carboxylic acids is 1. The predicted molar refractivity (Wildman–Crippen MR) is 118 cm³/mol. The van der Waals surface area contributed by atoms with Crippen LogP contribution in [0, 0.1) is 0 Å². The number of rotatable bonds is 4. The number of ether oxygens (including phenoxy) is 1. The average molecular weight is 432 g/mol. The fourth-order valence-corrected chi connectivity index (χ4v) is 4.55. The van der Waals surface area contributed by atoms with Crippen LogP contribution in [0.15, 0.2) is 47.5 Å². The minimum atomic E-state index is -3.43. The maximum absolute atomic E-state index is 12.5. The molecule has 0 spiro atoms. The minimum Gasteiger partial charge on any atom is -0.372 e. The summed E-state index contributed by atoms with van der Waals surface area (Å²) < 4.78 is 29.9. The van der Waals surface area contributed by atoms with Crippen LogP contribution < -0.4 is 10.2 Å². The summed E-state index contributed by atoms with van der Waals surface area (Å²) in [5, 5.41) is 2.78. The highest BCUT2D eigenvalue weighted by molar-refractivity contribution is 7.92. The molecule has 1 aromatic heterocycles. The largest absolute Gasteiger partial charge is 0.372 e. The van der Waals surface area contributed by atoms with Crippen molar-refractivity contribution in [1.82, 2.24) is 4.98 Å². The van der Waals surface area contributed by atoms with Gasteiger partial charge in [-0.3, -0.25) is 4.79 Å². The highest BCUT2D eigenvalue weighted by Crippen LogP contribution is 2.26. The molecule has 7 nitrogen and oxygen atoms in total. The van der Waals surface area contributed by atoms with Gasteiger partial charge in [0, 0.05) is 25.0 Å². The molecule has 1 N–H and O–H groups in total. The lowest BCUT2D eigenvalue weighted by molar-refractivity contribution is -0.00546. The monoisotopic (exact) mass is 431 g/mol. The van der Waals surface area contributed by atoms with Gasteiger partial charge in [0.25, 0.3) is 5.91 Å². The Labute approximate surface area is 178 Å². The molecular weight excluding hydrogens is 402 g/mol. The summed E-state index contributed by atoms with van der Waals surface area (Å²) in [5.74, 6) is 0.509. The molecule has 0 saturated carbocycles. The highest BCUT2D eigenvalue weighted by Gasteiger charge is 2.30. The van der Waals surface area contributed by atoms with Crippen LogP contribution in [-0.4, -0.2) is 49.4 Å². The van der Waals surface area contributed by atoms with E-state index in [1.165, 1.54) is 12.1 Å². The summed E-state index contributed by atoms with van der Waals surface area (Å²) in [6, 6.07) is 9.78. The molecule has 30 heavy (non-hydrogen) atoms. The van der Waals surface area contributed by atoms with Crippen molar-refractivity contribution in [2.24, 2.45) is 0 Å². The summed E-state index contributed by atoms with van der Waals surface area (Å²) in [7, 11) is -3.43. The Bertz CT molecular complexity index is 986. The number of amides is 1. The van der Waals surface area contributed by atoms with Gasteiger partial charge in [0.2, 0.25) is 0 Å². The topological polar surface area (TPSA) is 88.6 Å². The lowest BCUT2D eigenvalue weighted by Gasteiger charge is -2.36. The third kappa shape index (κ3) is 4.82. The van der Waals surface area contributed by atoms with Crippen LogP contribution >= 0.6 is 0 Å². The Balaban J connectivity index is 1.68. The van der Waals surface area contributed by atoms with Crippen molar-refractivity contribution >= 4 is 27.2 Å². The fourth-order valence-electron chi connectivity index (χ4n) is 3.35. The van der Waals surface area contributed by atoms with E-state index in [1.807, 2.05) is 19.9 Å². The van der Waals surface area contributed by atoms with Gasteiger partial charge in [0.15, 0.2) is 9.84 Å². The maximum atomic E-state index is 12.5. The summed E-state index contributed by atoms with van der Waals surface area (Å²) in [6.45, 7) is 10.6. The molecule has 0 radical (unpaired) electrons. The van der Waals surface area contributed by atoms with E-state index in [-0.39, 0.29) is 23.0 Å².